The second-order valence-electron chi connectivity index (χ2n) is 17.5. The van der Waals surface area contributed by atoms with Crippen molar-refractivity contribution in [2.24, 2.45) is 0 Å². The molecule has 0 aliphatic carbocycles. The van der Waals surface area contributed by atoms with E-state index in [0.717, 1.165) is 94.0 Å². The van der Waals surface area contributed by atoms with E-state index >= 15 is 0 Å². The van der Waals surface area contributed by atoms with Crippen molar-refractivity contribution in [2.75, 3.05) is 0 Å². The molecule has 0 aliphatic rings. The first-order chi connectivity index (χ1) is 34.2. The molecule has 322 valence electrons. The molecular formula is C63H38N4O2. The fourth-order valence-electron chi connectivity index (χ4n) is 10.3. The van der Waals surface area contributed by atoms with Gasteiger partial charge in [0, 0.05) is 49.2 Å². The van der Waals surface area contributed by atoms with E-state index in [-0.39, 0.29) is 0 Å². The zero-order chi connectivity index (χ0) is 45.4. The molecular weight excluding hydrogens is 845 g/mol. The SMILES string of the molecule is c1ccc(-c2ccc(-c3nc(-c4ccccc4)nc(-c4cccc5c4oc4c(-c6cccc7c6oc6cccc(-n8c9ccccc9c9cc(-c%10ccccc%10)ccc98)c67)cccc45)n3)cc2)cc1. The van der Waals surface area contributed by atoms with Crippen molar-refractivity contribution in [3.63, 3.8) is 0 Å². The predicted octanol–water partition coefficient (Wildman–Crippen LogP) is 16.8. The van der Waals surface area contributed by atoms with E-state index in [0.29, 0.717) is 23.1 Å². The number of aromatic nitrogens is 4. The lowest BCUT2D eigenvalue weighted by Crippen LogP contribution is -2.00. The maximum atomic E-state index is 7.08. The first kappa shape index (κ1) is 38.8. The van der Waals surface area contributed by atoms with E-state index in [2.05, 4.69) is 193 Å². The fraction of sp³-hybridized carbons (Fsp3) is 0. The van der Waals surface area contributed by atoms with Crippen LogP contribution in [0.3, 0.4) is 0 Å². The molecule has 14 rings (SSSR count). The van der Waals surface area contributed by atoms with E-state index in [1.165, 1.54) is 21.9 Å². The normalized spacial score (nSPS) is 11.8. The summed E-state index contributed by atoms with van der Waals surface area (Å²) in [7, 11) is 0. The molecule has 0 saturated carbocycles. The maximum Gasteiger partial charge on any atom is 0.167 e. The summed E-state index contributed by atoms with van der Waals surface area (Å²) in [6, 6.07) is 80.2. The number of hydrogen-bond donors (Lipinski definition) is 0. The van der Waals surface area contributed by atoms with Gasteiger partial charge in [0.1, 0.15) is 22.3 Å². The number of para-hydroxylation sites is 4. The molecule has 0 N–H and O–H groups in total. The van der Waals surface area contributed by atoms with Gasteiger partial charge in [0.15, 0.2) is 17.5 Å². The zero-order valence-electron chi connectivity index (χ0n) is 37.0. The zero-order valence-corrected chi connectivity index (χ0v) is 37.0. The van der Waals surface area contributed by atoms with Crippen molar-refractivity contribution >= 4 is 65.7 Å². The molecule has 14 aromatic rings. The minimum atomic E-state index is 0.533. The summed E-state index contributed by atoms with van der Waals surface area (Å²) in [5.41, 5.74) is 15.5. The van der Waals surface area contributed by atoms with Gasteiger partial charge in [-0.1, -0.05) is 194 Å². The number of furan rings is 2. The van der Waals surface area contributed by atoms with Gasteiger partial charge < -0.3 is 13.4 Å². The van der Waals surface area contributed by atoms with Crippen LogP contribution in [0.4, 0.5) is 0 Å². The Morgan fingerprint density at radius 3 is 1.45 bits per heavy atom. The van der Waals surface area contributed by atoms with Crippen LogP contribution in [0.25, 0.3) is 139 Å². The summed E-state index contributed by atoms with van der Waals surface area (Å²) < 4.78 is 16.4. The molecule has 4 aromatic heterocycles. The van der Waals surface area contributed by atoms with Gasteiger partial charge in [-0.05, 0) is 58.7 Å². The summed E-state index contributed by atoms with van der Waals surface area (Å²) in [4.78, 5) is 15.3. The molecule has 6 heteroatoms. The summed E-state index contributed by atoms with van der Waals surface area (Å²) in [6.45, 7) is 0. The minimum Gasteiger partial charge on any atom is -0.455 e. The number of benzene rings is 10. The highest BCUT2D eigenvalue weighted by Crippen LogP contribution is 2.45. The number of nitrogens with zero attached hydrogens (tertiary/aromatic N) is 4. The van der Waals surface area contributed by atoms with Crippen molar-refractivity contribution in [1.82, 2.24) is 19.5 Å². The van der Waals surface area contributed by atoms with Crippen molar-refractivity contribution in [1.29, 1.82) is 0 Å². The lowest BCUT2D eigenvalue weighted by Gasteiger charge is -2.10. The highest BCUT2D eigenvalue weighted by molar-refractivity contribution is 6.19. The monoisotopic (exact) mass is 882 g/mol. The molecule has 6 nitrogen and oxygen atoms in total. The van der Waals surface area contributed by atoms with Crippen molar-refractivity contribution in [3.05, 3.63) is 231 Å². The molecule has 0 spiro atoms. The molecule has 69 heavy (non-hydrogen) atoms. The molecule has 4 heterocycles. The quantitative estimate of drug-likeness (QED) is 0.159. The van der Waals surface area contributed by atoms with Crippen LogP contribution >= 0.6 is 0 Å². The Morgan fingerprint density at radius 2 is 0.754 bits per heavy atom. The molecule has 0 atom stereocenters. The smallest absolute Gasteiger partial charge is 0.167 e. The van der Waals surface area contributed by atoms with Crippen LogP contribution in [0.2, 0.25) is 0 Å². The van der Waals surface area contributed by atoms with E-state index in [4.69, 9.17) is 23.8 Å². The molecule has 0 radical (unpaired) electrons. The minimum absolute atomic E-state index is 0.533. The Labute approximate surface area is 396 Å². The van der Waals surface area contributed by atoms with Gasteiger partial charge in [-0.3, -0.25) is 0 Å². The van der Waals surface area contributed by atoms with Gasteiger partial charge in [0.25, 0.3) is 0 Å². The average Bonchev–Trinajstić information content (AvgIpc) is 4.11. The van der Waals surface area contributed by atoms with Gasteiger partial charge >= 0.3 is 0 Å². The fourth-order valence-corrected chi connectivity index (χ4v) is 10.3. The van der Waals surface area contributed by atoms with Gasteiger partial charge in [0.05, 0.1) is 27.7 Å². The van der Waals surface area contributed by atoms with Crippen LogP contribution in [0.1, 0.15) is 0 Å². The van der Waals surface area contributed by atoms with E-state index in [1.54, 1.807) is 0 Å². The Morgan fingerprint density at radius 1 is 0.290 bits per heavy atom. The van der Waals surface area contributed by atoms with E-state index < -0.39 is 0 Å². The molecule has 0 unspecified atom stereocenters. The summed E-state index contributed by atoms with van der Waals surface area (Å²) >= 11 is 0. The molecule has 10 aromatic carbocycles. The molecule has 0 bridgehead atoms. The van der Waals surface area contributed by atoms with Crippen LogP contribution in [-0.4, -0.2) is 19.5 Å². The van der Waals surface area contributed by atoms with Gasteiger partial charge in [0.2, 0.25) is 0 Å². The van der Waals surface area contributed by atoms with Crippen LogP contribution in [0.15, 0.2) is 239 Å². The van der Waals surface area contributed by atoms with Crippen LogP contribution in [0, 0.1) is 0 Å². The third kappa shape index (κ3) is 6.30. The van der Waals surface area contributed by atoms with Crippen molar-refractivity contribution in [2.45, 2.75) is 0 Å². The van der Waals surface area contributed by atoms with E-state index in [1.807, 2.05) is 42.5 Å². The van der Waals surface area contributed by atoms with Gasteiger partial charge in [-0.25, -0.2) is 15.0 Å². The second-order valence-corrected chi connectivity index (χ2v) is 17.5. The molecule has 0 fully saturated rings. The maximum absolute atomic E-state index is 7.08. The topological polar surface area (TPSA) is 69.9 Å². The molecule has 0 saturated heterocycles. The number of hydrogen-bond acceptors (Lipinski definition) is 5. The van der Waals surface area contributed by atoms with Gasteiger partial charge in [-0.15, -0.1) is 0 Å². The average molecular weight is 883 g/mol. The predicted molar refractivity (Wildman–Crippen MR) is 281 cm³/mol. The second kappa shape index (κ2) is 15.6. The summed E-state index contributed by atoms with van der Waals surface area (Å²) in [5, 5.41) is 6.46. The molecule has 0 amide bonds. The first-order valence-corrected chi connectivity index (χ1v) is 23.2. The van der Waals surface area contributed by atoms with E-state index in [9.17, 15) is 0 Å². The molecule has 0 aliphatic heterocycles. The summed E-state index contributed by atoms with van der Waals surface area (Å²) in [5.74, 6) is 1.71. The van der Waals surface area contributed by atoms with Crippen molar-refractivity contribution < 1.29 is 8.83 Å². The lowest BCUT2D eigenvalue weighted by molar-refractivity contribution is 0.665. The van der Waals surface area contributed by atoms with Crippen molar-refractivity contribution in [3.8, 4) is 73.2 Å². The Balaban J connectivity index is 0.924. The van der Waals surface area contributed by atoms with Crippen LogP contribution < -0.4 is 0 Å². The lowest BCUT2D eigenvalue weighted by atomic mass is 9.99. The number of fused-ring (bicyclic) bond motifs is 9. The highest BCUT2D eigenvalue weighted by atomic mass is 16.3. The van der Waals surface area contributed by atoms with Crippen LogP contribution in [-0.2, 0) is 0 Å². The summed E-state index contributed by atoms with van der Waals surface area (Å²) in [6.07, 6.45) is 0. The Hall–Kier alpha value is -9.39. The Bertz CT molecular complexity index is 4290. The third-order valence-corrected chi connectivity index (χ3v) is 13.5. The third-order valence-electron chi connectivity index (χ3n) is 13.5. The largest absolute Gasteiger partial charge is 0.455 e. The standard InChI is InChI=1S/C63H38N4O2/c1-4-16-39(17-5-1)41-32-34-43(35-33-41)62-64-61(42-20-8-3-9-21-42)65-63(66-62)51-28-14-26-49-47-24-12-23-46(58(47)69-60(49)51)48-25-13-27-50-57-55(30-15-31-56(57)68-59(48)50)67-53-29-11-10-22-45(53)52-38-44(36-37-54(52)67)40-18-6-2-7-19-40/h1-38H. The Kier molecular flexibility index (Phi) is 8.79. The number of rotatable bonds is 7. The first-order valence-electron chi connectivity index (χ1n) is 23.2. The van der Waals surface area contributed by atoms with Crippen LogP contribution in [0.5, 0.6) is 0 Å². The highest BCUT2D eigenvalue weighted by Gasteiger charge is 2.23. The van der Waals surface area contributed by atoms with Gasteiger partial charge in [-0.2, -0.15) is 0 Å².